The van der Waals surface area contributed by atoms with Gasteiger partial charge in [-0.1, -0.05) is 40.8 Å². The van der Waals surface area contributed by atoms with E-state index in [9.17, 15) is 46.4 Å². The van der Waals surface area contributed by atoms with E-state index in [2.05, 4.69) is 34.9 Å². The molecule has 0 saturated carbocycles. The third-order valence-corrected chi connectivity index (χ3v) is 10.2. The molecule has 1 aromatic heterocycles. The van der Waals surface area contributed by atoms with Crippen molar-refractivity contribution in [2.75, 3.05) is 5.73 Å². The van der Waals surface area contributed by atoms with Crippen molar-refractivity contribution < 1.29 is 95.1 Å². The first kappa shape index (κ1) is 44.6. The SMILES string of the molecule is Cc1nn(-c2ccc(S(=O)(=O)O)cc2)c([O-])c1N=Nc1ccc(-c2ccc(N=Nc3ccc4c(S(=O)(=O)O)cc(SOOO)c(N)c4c3[O-])c([O-])c2)cc1O.[Cu+2].[Cu+2]. The molecule has 0 aliphatic rings. The molecule has 6 N–H and O–H groups in total. The Morgan fingerprint density at radius 3 is 1.98 bits per heavy atom. The molecule has 0 saturated heterocycles. The quantitative estimate of drug-likeness (QED) is 0.0210. The molecule has 0 amide bonds. The molecule has 0 atom stereocenters. The number of nitrogen functional groups attached to an aromatic ring is 1. The second-order valence-electron chi connectivity index (χ2n) is 11.2. The van der Waals surface area contributed by atoms with Gasteiger partial charge in [-0.2, -0.15) is 32.2 Å². The summed E-state index contributed by atoms with van der Waals surface area (Å²) in [4.78, 5) is -1.26. The van der Waals surface area contributed by atoms with Gasteiger partial charge in [0.2, 0.25) is 0 Å². The van der Waals surface area contributed by atoms with E-state index in [1.807, 2.05) is 0 Å². The zero-order valence-electron chi connectivity index (χ0n) is 28.1. The second-order valence-corrected chi connectivity index (χ2v) is 14.8. The van der Waals surface area contributed by atoms with Crippen molar-refractivity contribution in [2.24, 2.45) is 20.5 Å². The largest absolute Gasteiger partial charge is 2.00 e. The van der Waals surface area contributed by atoms with Crippen molar-refractivity contribution in [2.45, 2.75) is 21.6 Å². The Morgan fingerprint density at radius 1 is 0.789 bits per heavy atom. The average Bonchev–Trinajstić information content (AvgIpc) is 3.41. The van der Waals surface area contributed by atoms with Crippen LogP contribution in [-0.2, 0) is 63.7 Å². The summed E-state index contributed by atoms with van der Waals surface area (Å²) < 4.78 is 70.8. The number of azo groups is 2. The average molecular weight is 936 g/mol. The van der Waals surface area contributed by atoms with Crippen LogP contribution in [0.4, 0.5) is 28.4 Å². The number of fused-ring (bicyclic) bond motifs is 1. The van der Waals surface area contributed by atoms with E-state index < -0.39 is 42.5 Å². The fraction of sp³-hybridized carbons (Fsp3) is 0.0312. The summed E-state index contributed by atoms with van der Waals surface area (Å²) >= 11 is 0.257. The van der Waals surface area contributed by atoms with Crippen molar-refractivity contribution in [1.29, 1.82) is 0 Å². The van der Waals surface area contributed by atoms with Gasteiger partial charge in [-0.3, -0.25) is 9.11 Å². The number of aryl methyl sites for hydroxylation is 1. The predicted octanol–water partition coefficient (Wildman–Crippen LogP) is 5.26. The summed E-state index contributed by atoms with van der Waals surface area (Å²) in [7, 11) is -9.31. The number of anilines is 1. The molecule has 0 spiro atoms. The molecule has 0 aliphatic carbocycles. The Hall–Kier alpha value is -5.14. The molecule has 0 fully saturated rings. The zero-order chi connectivity index (χ0) is 39.8. The van der Waals surface area contributed by atoms with Gasteiger partial charge in [0.05, 0.1) is 50.3 Å². The minimum atomic E-state index is -4.87. The molecule has 6 rings (SSSR count). The molecule has 6 aromatic rings. The zero-order valence-corrected chi connectivity index (χ0v) is 32.4. The second kappa shape index (κ2) is 17.6. The minimum absolute atomic E-state index is 0. The maximum absolute atomic E-state index is 13.3. The summed E-state index contributed by atoms with van der Waals surface area (Å²) in [5.41, 5.74) is 6.13. The Morgan fingerprint density at radius 2 is 1.39 bits per heavy atom. The van der Waals surface area contributed by atoms with E-state index in [0.717, 1.165) is 35.0 Å². The van der Waals surface area contributed by atoms with Gasteiger partial charge in [0.15, 0.2) is 0 Å². The molecule has 25 heteroatoms. The number of hydrogen-bond donors (Lipinski definition) is 5. The Bertz CT molecular complexity index is 2790. The molecule has 2 radical (unpaired) electrons. The molecule has 0 unspecified atom stereocenters. The van der Waals surface area contributed by atoms with E-state index in [-0.39, 0.29) is 112 Å². The summed E-state index contributed by atoms with van der Waals surface area (Å²) in [6, 6.07) is 16.1. The smallest absolute Gasteiger partial charge is 0.871 e. The van der Waals surface area contributed by atoms with Gasteiger partial charge in [-0.15, -0.1) is 14.6 Å². The Balaban J connectivity index is 0.00000360. The molecule has 20 nitrogen and oxygen atoms in total. The fourth-order valence-corrected chi connectivity index (χ4v) is 6.91. The van der Waals surface area contributed by atoms with E-state index in [1.54, 1.807) is 0 Å². The number of phenols is 1. The van der Waals surface area contributed by atoms with Crippen molar-refractivity contribution in [1.82, 2.24) is 9.78 Å². The van der Waals surface area contributed by atoms with Crippen LogP contribution in [0.2, 0.25) is 0 Å². The first-order valence-corrected chi connectivity index (χ1v) is 18.6. The van der Waals surface area contributed by atoms with Gasteiger partial charge in [0.1, 0.15) is 22.0 Å². The third-order valence-electron chi connectivity index (χ3n) is 7.79. The van der Waals surface area contributed by atoms with Crippen molar-refractivity contribution >= 4 is 71.5 Å². The van der Waals surface area contributed by atoms with Gasteiger partial charge in [0.25, 0.3) is 20.2 Å². The van der Waals surface area contributed by atoms with Crippen LogP contribution in [0.1, 0.15) is 5.69 Å². The van der Waals surface area contributed by atoms with Gasteiger partial charge in [-0.25, -0.2) is 9.94 Å². The first-order chi connectivity index (χ1) is 26.0. The number of benzene rings is 5. The number of rotatable bonds is 11. The number of phenolic OH excluding ortho intramolecular Hbond substituents is 1. The van der Waals surface area contributed by atoms with Crippen LogP contribution >= 0.6 is 12.0 Å². The third kappa shape index (κ3) is 9.37. The van der Waals surface area contributed by atoms with Gasteiger partial charge in [-0.05, 0) is 72.6 Å². The van der Waals surface area contributed by atoms with Crippen molar-refractivity contribution in [3.05, 3.63) is 84.6 Å². The molecular formula is C32H22Cu2N7O13S3+. The predicted molar refractivity (Wildman–Crippen MR) is 187 cm³/mol. The van der Waals surface area contributed by atoms with Gasteiger partial charge >= 0.3 is 34.1 Å². The molecule has 0 aliphatic heterocycles. The first-order valence-electron chi connectivity index (χ1n) is 15.0. The van der Waals surface area contributed by atoms with Crippen LogP contribution in [0.5, 0.6) is 23.1 Å². The number of nitrogens with zero attached hydrogens (tertiary/aromatic N) is 6. The Kier molecular flexibility index (Phi) is 13.7. The molecule has 302 valence electrons. The molecule has 1 heterocycles. The van der Waals surface area contributed by atoms with Crippen molar-refractivity contribution in [3.8, 4) is 39.9 Å². The minimum Gasteiger partial charge on any atom is -0.871 e. The molecule has 0 bridgehead atoms. The van der Waals surface area contributed by atoms with Crippen LogP contribution in [0.15, 0.2) is 114 Å². The van der Waals surface area contributed by atoms with Gasteiger partial charge < -0.3 is 26.2 Å². The number of aromatic nitrogens is 2. The normalized spacial score (nSPS) is 11.9. The molecule has 5 aromatic carbocycles. The summed E-state index contributed by atoms with van der Waals surface area (Å²) in [6.45, 7) is 1.49. The topological polar surface area (TPSA) is 330 Å². The van der Waals surface area contributed by atoms with E-state index in [4.69, 9.17) is 11.0 Å². The Labute approximate surface area is 346 Å². The maximum Gasteiger partial charge on any atom is 2.00 e. The van der Waals surface area contributed by atoms with Gasteiger partial charge in [0, 0.05) is 16.7 Å². The van der Waals surface area contributed by atoms with E-state index in [1.165, 1.54) is 55.5 Å². The summed E-state index contributed by atoms with van der Waals surface area (Å²) in [5.74, 6) is -2.58. The van der Waals surface area contributed by atoms with Crippen LogP contribution < -0.4 is 21.1 Å². The monoisotopic (exact) mass is 934 g/mol. The van der Waals surface area contributed by atoms with Crippen molar-refractivity contribution in [3.63, 3.8) is 0 Å². The number of hydrogen-bond acceptors (Lipinski definition) is 18. The van der Waals surface area contributed by atoms with Crippen LogP contribution in [0.3, 0.4) is 0 Å². The number of aromatic hydroxyl groups is 1. The number of nitrogens with two attached hydrogens (primary N) is 1. The van der Waals surface area contributed by atoms with Crippen LogP contribution in [0.25, 0.3) is 27.6 Å². The van der Waals surface area contributed by atoms with E-state index >= 15 is 0 Å². The summed E-state index contributed by atoms with van der Waals surface area (Å²) in [5, 5.41) is 81.0. The van der Waals surface area contributed by atoms with E-state index in [0.29, 0.717) is 11.1 Å². The maximum atomic E-state index is 13.3. The molecule has 57 heavy (non-hydrogen) atoms. The standard InChI is InChI=1S/C32H25N7O13S3.2Cu/c1-15-30(32(43)39(38-15)18-4-6-19(7-5-18)54(45,46)47)37-35-22-10-3-17(13-25(22)41)16-2-9-21(24(40)12-16)34-36-23-11-8-20-27(55(48,49)50)14-26(53-52-51-44)29(33)28(20)31(23)42;;/h2-14,40-44H,33H2,1H3,(H,45,46,47)(H,48,49,50);;/q;2*+2/p-3. The molecular weight excluding hydrogens is 914 g/mol. The van der Waals surface area contributed by atoms with Crippen LogP contribution in [0, 0.1) is 6.92 Å². The van der Waals surface area contributed by atoms with Crippen LogP contribution in [-0.4, -0.2) is 46.1 Å². The summed E-state index contributed by atoms with van der Waals surface area (Å²) in [6.07, 6.45) is 0. The fourth-order valence-electron chi connectivity index (χ4n) is 5.18.